The lowest BCUT2D eigenvalue weighted by atomic mass is 10.3. The van der Waals surface area contributed by atoms with Crippen molar-refractivity contribution in [1.29, 1.82) is 0 Å². The van der Waals surface area contributed by atoms with Crippen LogP contribution in [0, 0.1) is 0 Å². The number of hydrogen-bond acceptors (Lipinski definition) is 5. The fourth-order valence-corrected chi connectivity index (χ4v) is 1.28. The molecular formula is C8H17N3O2S2. The molecule has 7 heteroatoms. The number of amides is 2. The van der Waals surface area contributed by atoms with Crippen molar-refractivity contribution in [2.24, 2.45) is 5.73 Å². The van der Waals surface area contributed by atoms with E-state index in [-0.39, 0.29) is 24.1 Å². The van der Waals surface area contributed by atoms with Crippen molar-refractivity contribution in [3.05, 3.63) is 0 Å². The van der Waals surface area contributed by atoms with Crippen LogP contribution in [0.15, 0.2) is 0 Å². The average molecular weight is 251 g/mol. The van der Waals surface area contributed by atoms with Gasteiger partial charge in [0.05, 0.1) is 6.54 Å². The highest BCUT2D eigenvalue weighted by Gasteiger charge is 2.17. The topological polar surface area (TPSA) is 84.2 Å². The van der Waals surface area contributed by atoms with Gasteiger partial charge in [0.2, 0.25) is 11.8 Å². The molecule has 1 unspecified atom stereocenters. The summed E-state index contributed by atoms with van der Waals surface area (Å²) >= 11 is 8.00. The van der Waals surface area contributed by atoms with Gasteiger partial charge in [-0.1, -0.05) is 0 Å². The van der Waals surface area contributed by atoms with E-state index in [9.17, 15) is 9.59 Å². The molecule has 0 rings (SSSR count). The molecule has 0 aliphatic rings. The summed E-state index contributed by atoms with van der Waals surface area (Å²) in [6.45, 7) is 0.416. The Morgan fingerprint density at radius 1 is 1.33 bits per heavy atom. The second kappa shape index (κ2) is 8.87. The lowest BCUT2D eigenvalue weighted by Gasteiger charge is -2.15. The van der Waals surface area contributed by atoms with Crippen molar-refractivity contribution in [2.45, 2.75) is 12.5 Å². The van der Waals surface area contributed by atoms with E-state index in [4.69, 9.17) is 5.73 Å². The van der Waals surface area contributed by atoms with Crippen molar-refractivity contribution in [2.75, 3.05) is 24.6 Å². The third-order valence-corrected chi connectivity index (χ3v) is 2.34. The van der Waals surface area contributed by atoms with Gasteiger partial charge >= 0.3 is 0 Å². The molecule has 0 bridgehead atoms. The van der Waals surface area contributed by atoms with Gasteiger partial charge in [0.1, 0.15) is 6.04 Å². The van der Waals surface area contributed by atoms with Gasteiger partial charge < -0.3 is 16.4 Å². The minimum absolute atomic E-state index is 0.131. The predicted octanol–water partition coefficient (Wildman–Crippen LogP) is -1.20. The van der Waals surface area contributed by atoms with E-state index in [2.05, 4.69) is 35.9 Å². The second-order valence-electron chi connectivity index (χ2n) is 2.87. The molecule has 0 aromatic rings. The van der Waals surface area contributed by atoms with Crippen molar-refractivity contribution in [3.63, 3.8) is 0 Å². The Kier molecular flexibility index (Phi) is 8.64. The maximum Gasteiger partial charge on any atom is 0.243 e. The number of carbonyl (C=O) groups is 2. The van der Waals surface area contributed by atoms with Gasteiger partial charge in [0.15, 0.2) is 0 Å². The van der Waals surface area contributed by atoms with Crippen LogP contribution in [0.2, 0.25) is 0 Å². The molecule has 0 heterocycles. The molecule has 0 saturated heterocycles. The summed E-state index contributed by atoms with van der Waals surface area (Å²) in [6.07, 6.45) is 0.791. The van der Waals surface area contributed by atoms with Crippen LogP contribution in [0.1, 0.15) is 6.42 Å². The highest BCUT2D eigenvalue weighted by atomic mass is 32.1. The summed E-state index contributed by atoms with van der Waals surface area (Å²) in [7, 11) is 0. The Morgan fingerprint density at radius 2 is 2.00 bits per heavy atom. The second-order valence-corrected chi connectivity index (χ2v) is 3.69. The Morgan fingerprint density at radius 3 is 2.47 bits per heavy atom. The quantitative estimate of drug-likeness (QED) is 0.291. The van der Waals surface area contributed by atoms with Gasteiger partial charge in [-0.2, -0.15) is 25.3 Å². The van der Waals surface area contributed by atoms with Crippen LogP contribution in [-0.4, -0.2) is 42.5 Å². The Hall–Kier alpha value is -0.400. The van der Waals surface area contributed by atoms with Crippen molar-refractivity contribution >= 4 is 37.1 Å². The summed E-state index contributed by atoms with van der Waals surface area (Å²) in [4.78, 5) is 22.4. The first-order chi connectivity index (χ1) is 7.15. The zero-order chi connectivity index (χ0) is 11.7. The highest BCUT2D eigenvalue weighted by Crippen LogP contribution is 1.89. The number of hydrogen-bond donors (Lipinski definition) is 5. The summed E-state index contributed by atoms with van der Waals surface area (Å²) in [5.74, 6) is 0.353. The molecule has 4 N–H and O–H groups in total. The zero-order valence-electron chi connectivity index (χ0n) is 8.40. The molecule has 0 aliphatic heterocycles. The van der Waals surface area contributed by atoms with Crippen LogP contribution in [-0.2, 0) is 9.59 Å². The van der Waals surface area contributed by atoms with Crippen molar-refractivity contribution in [1.82, 2.24) is 10.6 Å². The predicted molar refractivity (Wildman–Crippen MR) is 66.3 cm³/mol. The standard InChI is InChI=1S/C8H17N3O2S2/c9-4-7(12)11-6(5-15)8(13)10-2-1-3-14/h6,14-15H,1-5,9H2,(H,10,13)(H,11,12). The zero-order valence-corrected chi connectivity index (χ0v) is 10.2. The normalized spacial score (nSPS) is 11.9. The number of thiol groups is 2. The first-order valence-corrected chi connectivity index (χ1v) is 5.91. The first kappa shape index (κ1) is 14.6. The fourth-order valence-electron chi connectivity index (χ4n) is 0.861. The highest BCUT2D eigenvalue weighted by molar-refractivity contribution is 7.80. The van der Waals surface area contributed by atoms with Crippen LogP contribution in [0.25, 0.3) is 0 Å². The fraction of sp³-hybridized carbons (Fsp3) is 0.750. The van der Waals surface area contributed by atoms with Crippen LogP contribution in [0.5, 0.6) is 0 Å². The molecule has 1 atom stereocenters. The van der Waals surface area contributed by atoms with E-state index < -0.39 is 6.04 Å². The van der Waals surface area contributed by atoms with Gasteiger partial charge in [-0.3, -0.25) is 9.59 Å². The lowest BCUT2D eigenvalue weighted by molar-refractivity contribution is -0.127. The molecule has 0 spiro atoms. The molecule has 0 saturated carbocycles. The summed E-state index contributed by atoms with van der Waals surface area (Å²) in [6, 6.07) is -0.621. The number of carbonyl (C=O) groups excluding carboxylic acids is 2. The molecule has 0 aromatic heterocycles. The van der Waals surface area contributed by atoms with Crippen LogP contribution in [0.4, 0.5) is 0 Å². The minimum Gasteiger partial charge on any atom is -0.354 e. The molecule has 5 nitrogen and oxygen atoms in total. The molecule has 2 amide bonds. The van der Waals surface area contributed by atoms with E-state index in [0.717, 1.165) is 6.42 Å². The third-order valence-electron chi connectivity index (χ3n) is 1.65. The maximum atomic E-state index is 11.5. The summed E-state index contributed by atoms with van der Waals surface area (Å²) in [5.41, 5.74) is 5.12. The van der Waals surface area contributed by atoms with E-state index in [1.54, 1.807) is 0 Å². The largest absolute Gasteiger partial charge is 0.354 e. The number of rotatable bonds is 7. The maximum absolute atomic E-state index is 11.5. The monoisotopic (exact) mass is 251 g/mol. The Balaban J connectivity index is 3.93. The molecular weight excluding hydrogens is 234 g/mol. The first-order valence-electron chi connectivity index (χ1n) is 4.64. The van der Waals surface area contributed by atoms with E-state index >= 15 is 0 Å². The SMILES string of the molecule is NCC(=O)NC(CS)C(=O)NCCCS. The molecule has 15 heavy (non-hydrogen) atoms. The van der Waals surface area contributed by atoms with Gasteiger partial charge in [-0.25, -0.2) is 0 Å². The van der Waals surface area contributed by atoms with E-state index in [1.165, 1.54) is 0 Å². The molecule has 0 aliphatic carbocycles. The molecule has 0 aromatic carbocycles. The average Bonchev–Trinajstić information content (AvgIpc) is 2.25. The van der Waals surface area contributed by atoms with Crippen LogP contribution >= 0.6 is 25.3 Å². The van der Waals surface area contributed by atoms with Gasteiger partial charge in [0.25, 0.3) is 0 Å². The van der Waals surface area contributed by atoms with Gasteiger partial charge in [-0.15, -0.1) is 0 Å². The third kappa shape index (κ3) is 6.64. The molecule has 0 fully saturated rings. The van der Waals surface area contributed by atoms with Crippen molar-refractivity contribution in [3.8, 4) is 0 Å². The van der Waals surface area contributed by atoms with E-state index in [0.29, 0.717) is 12.3 Å². The van der Waals surface area contributed by atoms with E-state index in [1.807, 2.05) is 0 Å². The van der Waals surface area contributed by atoms with Gasteiger partial charge in [0, 0.05) is 12.3 Å². The summed E-state index contributed by atoms with van der Waals surface area (Å²) < 4.78 is 0. The summed E-state index contributed by atoms with van der Waals surface area (Å²) in [5, 5.41) is 5.14. The molecule has 88 valence electrons. The smallest absolute Gasteiger partial charge is 0.243 e. The molecule has 0 radical (unpaired) electrons. The Labute approximate surface area is 100 Å². The number of nitrogens with one attached hydrogen (secondary N) is 2. The van der Waals surface area contributed by atoms with Crippen LogP contribution < -0.4 is 16.4 Å². The van der Waals surface area contributed by atoms with Gasteiger partial charge in [-0.05, 0) is 12.2 Å². The van der Waals surface area contributed by atoms with Crippen molar-refractivity contribution < 1.29 is 9.59 Å². The number of nitrogens with two attached hydrogens (primary N) is 1. The van der Waals surface area contributed by atoms with Crippen LogP contribution in [0.3, 0.4) is 0 Å². The Bertz CT molecular complexity index is 214. The minimum atomic E-state index is -0.621. The lowest BCUT2D eigenvalue weighted by Crippen LogP contribution is -2.49.